The first kappa shape index (κ1) is 14.1. The Morgan fingerprint density at radius 3 is 2.45 bits per heavy atom. The molecule has 0 heterocycles. The molecule has 1 atom stereocenters. The molecule has 0 aliphatic carbocycles. The van der Waals surface area contributed by atoms with Crippen molar-refractivity contribution in [3.63, 3.8) is 0 Å². The summed E-state index contributed by atoms with van der Waals surface area (Å²) in [4.78, 5) is 10.4. The van der Waals surface area contributed by atoms with Gasteiger partial charge < -0.3 is 10.4 Å². The van der Waals surface area contributed by atoms with Crippen molar-refractivity contribution in [2.75, 3.05) is 6.61 Å². The van der Waals surface area contributed by atoms with Crippen LogP contribution < -0.4 is 5.32 Å². The molecule has 0 aliphatic rings. The van der Waals surface area contributed by atoms with Crippen LogP contribution in [0.4, 0.5) is 8.78 Å². The minimum Gasteiger partial charge on any atom is -0.394 e. The molecule has 0 spiro atoms. The van der Waals surface area contributed by atoms with Gasteiger partial charge in [-0.05, 0) is 17.2 Å². The Labute approximate surface area is 114 Å². The molecule has 2 aromatic rings. The number of nitrogens with one attached hydrogen (secondary N) is 1. The van der Waals surface area contributed by atoms with E-state index in [-0.39, 0.29) is 12.2 Å². The van der Waals surface area contributed by atoms with Gasteiger partial charge in [0.1, 0.15) is 0 Å². The predicted octanol–water partition coefficient (Wildman–Crippen LogP) is 2.41. The van der Waals surface area contributed by atoms with Crippen LogP contribution in [0, 0.1) is 11.6 Å². The van der Waals surface area contributed by atoms with E-state index < -0.39 is 17.7 Å². The van der Waals surface area contributed by atoms with Gasteiger partial charge in [-0.2, -0.15) is 0 Å². The number of amides is 1. The maximum absolute atomic E-state index is 13.7. The average Bonchev–Trinajstić information content (AvgIpc) is 2.48. The number of benzene rings is 2. The van der Waals surface area contributed by atoms with Crippen molar-refractivity contribution in [1.82, 2.24) is 5.32 Å². The number of rotatable bonds is 5. The lowest BCUT2D eigenvalue weighted by molar-refractivity contribution is -0.110. The molecule has 1 amide bonds. The molecule has 5 heteroatoms. The van der Waals surface area contributed by atoms with Gasteiger partial charge in [-0.25, -0.2) is 8.78 Å². The summed E-state index contributed by atoms with van der Waals surface area (Å²) in [6.07, 6.45) is 0.501. The van der Waals surface area contributed by atoms with Crippen molar-refractivity contribution in [1.29, 1.82) is 0 Å². The normalized spacial score (nSPS) is 11.9. The zero-order valence-electron chi connectivity index (χ0n) is 10.5. The van der Waals surface area contributed by atoms with E-state index in [1.54, 1.807) is 24.3 Å². The monoisotopic (exact) mass is 277 g/mol. The summed E-state index contributed by atoms with van der Waals surface area (Å²) in [6, 6.07) is 9.99. The second-order valence-electron chi connectivity index (χ2n) is 4.24. The van der Waals surface area contributed by atoms with Crippen LogP contribution in [-0.4, -0.2) is 18.1 Å². The van der Waals surface area contributed by atoms with Crippen LogP contribution in [0.15, 0.2) is 42.5 Å². The van der Waals surface area contributed by atoms with Gasteiger partial charge in [-0.3, -0.25) is 4.79 Å². The molecular formula is C15H13F2NO2. The predicted molar refractivity (Wildman–Crippen MR) is 70.8 cm³/mol. The molecule has 0 aliphatic heterocycles. The van der Waals surface area contributed by atoms with Crippen LogP contribution in [0.5, 0.6) is 0 Å². The highest BCUT2D eigenvalue weighted by molar-refractivity contribution is 5.64. The fourth-order valence-corrected chi connectivity index (χ4v) is 1.96. The topological polar surface area (TPSA) is 49.3 Å². The SMILES string of the molecule is O=CNC(CO)c1ccc(-c2cccc(F)c2F)cc1. The number of carbonyl (C=O) groups excluding carboxylic acids is 1. The molecule has 0 saturated carbocycles. The van der Waals surface area contributed by atoms with Crippen LogP contribution in [0.3, 0.4) is 0 Å². The Balaban J connectivity index is 2.32. The summed E-state index contributed by atoms with van der Waals surface area (Å²) in [5, 5.41) is 11.6. The summed E-state index contributed by atoms with van der Waals surface area (Å²) >= 11 is 0. The minimum absolute atomic E-state index is 0.167. The summed E-state index contributed by atoms with van der Waals surface area (Å²) in [5.74, 6) is -1.80. The van der Waals surface area contributed by atoms with E-state index in [2.05, 4.69) is 5.32 Å². The molecule has 2 rings (SSSR count). The lowest BCUT2D eigenvalue weighted by Crippen LogP contribution is -2.22. The van der Waals surface area contributed by atoms with E-state index in [9.17, 15) is 13.6 Å². The average molecular weight is 277 g/mol. The Hall–Kier alpha value is -2.27. The lowest BCUT2D eigenvalue weighted by Gasteiger charge is -2.14. The Bertz CT molecular complexity index is 599. The lowest BCUT2D eigenvalue weighted by atomic mass is 10.0. The molecule has 3 nitrogen and oxygen atoms in total. The third-order valence-corrected chi connectivity index (χ3v) is 3.03. The van der Waals surface area contributed by atoms with Crippen molar-refractivity contribution >= 4 is 6.41 Å². The fourth-order valence-electron chi connectivity index (χ4n) is 1.96. The van der Waals surface area contributed by atoms with E-state index in [0.717, 1.165) is 6.07 Å². The molecule has 0 aromatic heterocycles. The molecule has 2 aromatic carbocycles. The molecule has 1 unspecified atom stereocenters. The van der Waals surface area contributed by atoms with Crippen molar-refractivity contribution < 1.29 is 18.7 Å². The van der Waals surface area contributed by atoms with Crippen LogP contribution in [-0.2, 0) is 4.79 Å². The van der Waals surface area contributed by atoms with E-state index >= 15 is 0 Å². The van der Waals surface area contributed by atoms with Crippen molar-refractivity contribution in [2.45, 2.75) is 6.04 Å². The Morgan fingerprint density at radius 2 is 1.85 bits per heavy atom. The van der Waals surface area contributed by atoms with Gasteiger partial charge in [-0.1, -0.05) is 36.4 Å². The maximum Gasteiger partial charge on any atom is 0.207 e. The summed E-state index contributed by atoms with van der Waals surface area (Å²) in [6.45, 7) is -0.244. The van der Waals surface area contributed by atoms with Gasteiger partial charge in [-0.15, -0.1) is 0 Å². The van der Waals surface area contributed by atoms with Gasteiger partial charge >= 0.3 is 0 Å². The van der Waals surface area contributed by atoms with Gasteiger partial charge in [0.25, 0.3) is 0 Å². The Morgan fingerprint density at radius 1 is 1.15 bits per heavy atom. The largest absolute Gasteiger partial charge is 0.394 e. The highest BCUT2D eigenvalue weighted by Crippen LogP contribution is 2.25. The standard InChI is InChI=1S/C15H13F2NO2/c16-13-3-1-2-12(15(13)17)10-4-6-11(7-5-10)14(8-19)18-9-20/h1-7,9,14,19H,8H2,(H,18,20). The van der Waals surface area contributed by atoms with Crippen molar-refractivity contribution in [3.05, 3.63) is 59.7 Å². The first-order valence-corrected chi connectivity index (χ1v) is 6.02. The zero-order valence-corrected chi connectivity index (χ0v) is 10.5. The fraction of sp³-hybridized carbons (Fsp3) is 0.133. The van der Waals surface area contributed by atoms with Gasteiger partial charge in [0.15, 0.2) is 11.6 Å². The number of carbonyl (C=O) groups is 1. The second-order valence-corrected chi connectivity index (χ2v) is 4.24. The third-order valence-electron chi connectivity index (χ3n) is 3.03. The first-order valence-electron chi connectivity index (χ1n) is 6.02. The Kier molecular flexibility index (Phi) is 4.42. The molecule has 0 saturated heterocycles. The molecular weight excluding hydrogens is 264 g/mol. The number of aliphatic hydroxyl groups is 1. The zero-order chi connectivity index (χ0) is 14.5. The molecule has 104 valence electrons. The number of aliphatic hydroxyl groups excluding tert-OH is 1. The highest BCUT2D eigenvalue weighted by Gasteiger charge is 2.12. The first-order chi connectivity index (χ1) is 9.67. The van der Waals surface area contributed by atoms with Crippen LogP contribution in [0.1, 0.15) is 11.6 Å². The van der Waals surface area contributed by atoms with Gasteiger partial charge in [0, 0.05) is 5.56 Å². The van der Waals surface area contributed by atoms with Crippen LogP contribution in [0.25, 0.3) is 11.1 Å². The van der Waals surface area contributed by atoms with E-state index in [0.29, 0.717) is 17.5 Å². The maximum atomic E-state index is 13.7. The van der Waals surface area contributed by atoms with Crippen LogP contribution >= 0.6 is 0 Å². The summed E-state index contributed by atoms with van der Waals surface area (Å²) in [5.41, 5.74) is 1.37. The third kappa shape index (κ3) is 2.83. The van der Waals surface area contributed by atoms with Crippen molar-refractivity contribution in [2.24, 2.45) is 0 Å². The highest BCUT2D eigenvalue weighted by atomic mass is 19.2. The van der Waals surface area contributed by atoms with Crippen molar-refractivity contribution in [3.8, 4) is 11.1 Å². The molecule has 2 N–H and O–H groups in total. The number of hydrogen-bond donors (Lipinski definition) is 2. The quantitative estimate of drug-likeness (QED) is 0.825. The molecule has 0 fully saturated rings. The molecule has 20 heavy (non-hydrogen) atoms. The smallest absolute Gasteiger partial charge is 0.207 e. The van der Waals surface area contributed by atoms with Gasteiger partial charge in [0.2, 0.25) is 6.41 Å². The number of hydrogen-bond acceptors (Lipinski definition) is 2. The van der Waals surface area contributed by atoms with Crippen LogP contribution in [0.2, 0.25) is 0 Å². The summed E-state index contributed by atoms with van der Waals surface area (Å²) < 4.78 is 26.8. The second kappa shape index (κ2) is 6.25. The molecule has 0 bridgehead atoms. The molecule has 0 radical (unpaired) electrons. The number of halogens is 2. The minimum atomic E-state index is -0.901. The van der Waals surface area contributed by atoms with E-state index in [4.69, 9.17) is 5.11 Å². The summed E-state index contributed by atoms with van der Waals surface area (Å²) in [7, 11) is 0. The van der Waals surface area contributed by atoms with Gasteiger partial charge in [0.05, 0.1) is 12.6 Å². The van der Waals surface area contributed by atoms with E-state index in [1.807, 2.05) is 0 Å². The van der Waals surface area contributed by atoms with E-state index in [1.165, 1.54) is 12.1 Å².